The van der Waals surface area contributed by atoms with Crippen LogP contribution in [0.3, 0.4) is 0 Å². The lowest BCUT2D eigenvalue weighted by Gasteiger charge is -2.34. The van der Waals surface area contributed by atoms with E-state index in [4.69, 9.17) is 16.2 Å². The fourth-order valence-electron chi connectivity index (χ4n) is 1.61. The summed E-state index contributed by atoms with van der Waals surface area (Å²) in [6.07, 6.45) is 0.878. The maximum absolute atomic E-state index is 5.95. The first-order chi connectivity index (χ1) is 7.10. The summed E-state index contributed by atoms with van der Waals surface area (Å²) < 4.78 is 5.95. The number of ether oxygens (including phenoxy) is 1. The molecule has 0 rings (SSSR count). The predicted molar refractivity (Wildman–Crippen MR) is 70.3 cm³/mol. The lowest BCUT2D eigenvalue weighted by Crippen LogP contribution is -2.38. The third-order valence-electron chi connectivity index (χ3n) is 3.40. The largest absolute Gasteiger partial charge is 0.375 e. The summed E-state index contributed by atoms with van der Waals surface area (Å²) in [6, 6.07) is 0.174. The Bertz CT molecular complexity index is 200. The highest BCUT2D eigenvalue weighted by Crippen LogP contribution is 2.27. The second kappa shape index (κ2) is 5.99. The molecule has 0 saturated heterocycles. The van der Waals surface area contributed by atoms with Gasteiger partial charge in [-0.25, -0.2) is 0 Å². The Hall–Kier alpha value is -0.120. The van der Waals surface area contributed by atoms with Gasteiger partial charge in [-0.2, -0.15) is 0 Å². The average molecular weight is 230 g/mol. The van der Waals surface area contributed by atoms with Crippen LogP contribution in [0.4, 0.5) is 0 Å². The molecule has 3 nitrogen and oxygen atoms in total. The summed E-state index contributed by atoms with van der Waals surface area (Å²) >= 11 is 0. The molecule has 0 aliphatic heterocycles. The predicted octanol–water partition coefficient (Wildman–Crippen LogP) is 2.14. The molecule has 0 aromatic carbocycles. The Morgan fingerprint density at radius 3 is 2.00 bits per heavy atom. The van der Waals surface area contributed by atoms with E-state index < -0.39 is 0 Å². The van der Waals surface area contributed by atoms with Crippen molar-refractivity contribution in [3.05, 3.63) is 0 Å². The van der Waals surface area contributed by atoms with E-state index in [1.807, 2.05) is 6.92 Å². The van der Waals surface area contributed by atoms with E-state index >= 15 is 0 Å². The van der Waals surface area contributed by atoms with Crippen LogP contribution >= 0.6 is 0 Å². The third-order valence-corrected chi connectivity index (χ3v) is 3.40. The van der Waals surface area contributed by atoms with Gasteiger partial charge in [0.25, 0.3) is 0 Å². The van der Waals surface area contributed by atoms with Gasteiger partial charge in [-0.05, 0) is 45.1 Å². The van der Waals surface area contributed by atoms with Gasteiger partial charge in [0.15, 0.2) is 0 Å². The SMILES string of the molecule is CC(N)CC(C)(C)OCC(C)C(C)(C)CN. The smallest absolute Gasteiger partial charge is 0.0641 e. The highest BCUT2D eigenvalue weighted by Gasteiger charge is 2.27. The van der Waals surface area contributed by atoms with Crippen LogP contribution in [0.25, 0.3) is 0 Å². The molecule has 2 atom stereocenters. The van der Waals surface area contributed by atoms with Crippen LogP contribution in [0, 0.1) is 11.3 Å². The van der Waals surface area contributed by atoms with E-state index in [0.717, 1.165) is 13.0 Å². The lowest BCUT2D eigenvalue weighted by molar-refractivity contribution is -0.0570. The van der Waals surface area contributed by atoms with E-state index in [2.05, 4.69) is 34.6 Å². The van der Waals surface area contributed by atoms with Gasteiger partial charge in [-0.15, -0.1) is 0 Å². The van der Waals surface area contributed by atoms with Crippen molar-refractivity contribution in [3.8, 4) is 0 Å². The minimum absolute atomic E-state index is 0.129. The molecule has 0 radical (unpaired) electrons. The first-order valence-electron chi connectivity index (χ1n) is 6.20. The number of rotatable bonds is 7. The Labute approximate surface area is 101 Å². The highest BCUT2D eigenvalue weighted by molar-refractivity contribution is 4.79. The van der Waals surface area contributed by atoms with Crippen LogP contribution in [0.5, 0.6) is 0 Å². The topological polar surface area (TPSA) is 61.3 Å². The molecule has 0 bridgehead atoms. The van der Waals surface area contributed by atoms with E-state index in [0.29, 0.717) is 12.5 Å². The van der Waals surface area contributed by atoms with Crippen molar-refractivity contribution >= 4 is 0 Å². The van der Waals surface area contributed by atoms with Crippen LogP contribution < -0.4 is 11.5 Å². The Balaban J connectivity index is 4.14. The molecule has 4 N–H and O–H groups in total. The molecule has 0 aliphatic rings. The first-order valence-corrected chi connectivity index (χ1v) is 6.20. The van der Waals surface area contributed by atoms with Gasteiger partial charge < -0.3 is 16.2 Å². The van der Waals surface area contributed by atoms with Crippen molar-refractivity contribution in [2.45, 2.75) is 59.6 Å². The summed E-state index contributed by atoms with van der Waals surface area (Å²) in [5.41, 5.74) is 11.5. The van der Waals surface area contributed by atoms with Gasteiger partial charge in [0.2, 0.25) is 0 Å². The highest BCUT2D eigenvalue weighted by atomic mass is 16.5. The standard InChI is InChI=1S/C13H30N2O/c1-10(12(3,4)9-14)8-16-13(5,6)7-11(2)15/h10-11H,7-9,14-15H2,1-6H3. The Morgan fingerprint density at radius 1 is 1.12 bits per heavy atom. The van der Waals surface area contributed by atoms with E-state index in [1.54, 1.807) is 0 Å². The Morgan fingerprint density at radius 2 is 1.62 bits per heavy atom. The van der Waals surface area contributed by atoms with Crippen molar-refractivity contribution in [2.75, 3.05) is 13.2 Å². The van der Waals surface area contributed by atoms with Crippen molar-refractivity contribution in [3.63, 3.8) is 0 Å². The fraction of sp³-hybridized carbons (Fsp3) is 1.00. The maximum atomic E-state index is 5.95. The second-order valence-corrected chi connectivity index (χ2v) is 6.35. The maximum Gasteiger partial charge on any atom is 0.0641 e. The molecule has 0 spiro atoms. The molecule has 0 saturated carbocycles. The summed E-state index contributed by atoms with van der Waals surface area (Å²) in [5.74, 6) is 0.449. The van der Waals surface area contributed by atoms with Crippen LogP contribution in [0.15, 0.2) is 0 Å². The molecule has 0 amide bonds. The zero-order valence-corrected chi connectivity index (χ0v) is 11.8. The molecule has 0 aromatic rings. The summed E-state index contributed by atoms with van der Waals surface area (Å²) in [4.78, 5) is 0. The fourth-order valence-corrected chi connectivity index (χ4v) is 1.61. The minimum atomic E-state index is -0.146. The van der Waals surface area contributed by atoms with E-state index in [9.17, 15) is 0 Å². The van der Waals surface area contributed by atoms with E-state index in [1.165, 1.54) is 0 Å². The van der Waals surface area contributed by atoms with Crippen molar-refractivity contribution in [1.29, 1.82) is 0 Å². The summed E-state index contributed by atoms with van der Waals surface area (Å²) in [7, 11) is 0. The number of hydrogen-bond acceptors (Lipinski definition) is 3. The van der Waals surface area contributed by atoms with Gasteiger partial charge in [-0.3, -0.25) is 0 Å². The molecular weight excluding hydrogens is 200 g/mol. The number of hydrogen-bond donors (Lipinski definition) is 2. The molecule has 16 heavy (non-hydrogen) atoms. The second-order valence-electron chi connectivity index (χ2n) is 6.35. The third kappa shape index (κ3) is 5.83. The van der Waals surface area contributed by atoms with Crippen LogP contribution in [0.2, 0.25) is 0 Å². The van der Waals surface area contributed by atoms with Gasteiger partial charge in [-0.1, -0.05) is 20.8 Å². The average Bonchev–Trinajstić information content (AvgIpc) is 2.12. The van der Waals surface area contributed by atoms with E-state index in [-0.39, 0.29) is 17.1 Å². The zero-order chi connectivity index (χ0) is 13.0. The molecule has 0 aliphatic carbocycles. The van der Waals surface area contributed by atoms with Crippen LogP contribution in [-0.4, -0.2) is 24.8 Å². The van der Waals surface area contributed by atoms with Crippen molar-refractivity contribution in [2.24, 2.45) is 22.8 Å². The van der Waals surface area contributed by atoms with Gasteiger partial charge in [0.05, 0.1) is 12.2 Å². The zero-order valence-electron chi connectivity index (χ0n) is 11.8. The molecule has 0 fully saturated rings. The quantitative estimate of drug-likeness (QED) is 0.704. The summed E-state index contributed by atoms with van der Waals surface area (Å²) in [5, 5.41) is 0. The molecule has 0 heterocycles. The summed E-state index contributed by atoms with van der Waals surface area (Å²) in [6.45, 7) is 14.2. The van der Waals surface area contributed by atoms with Gasteiger partial charge in [0.1, 0.15) is 0 Å². The molecule has 3 heteroatoms. The van der Waals surface area contributed by atoms with Gasteiger partial charge in [0, 0.05) is 6.04 Å². The first kappa shape index (κ1) is 15.9. The van der Waals surface area contributed by atoms with Crippen LogP contribution in [-0.2, 0) is 4.74 Å². The molecule has 2 unspecified atom stereocenters. The van der Waals surface area contributed by atoms with Crippen LogP contribution in [0.1, 0.15) is 48.0 Å². The molecule has 98 valence electrons. The molecular formula is C13H30N2O. The lowest BCUT2D eigenvalue weighted by atomic mass is 9.80. The van der Waals surface area contributed by atoms with Crippen molar-refractivity contribution in [1.82, 2.24) is 0 Å². The number of nitrogens with two attached hydrogens (primary N) is 2. The van der Waals surface area contributed by atoms with Gasteiger partial charge >= 0.3 is 0 Å². The molecule has 0 aromatic heterocycles. The minimum Gasteiger partial charge on any atom is -0.375 e. The Kier molecular flexibility index (Phi) is 5.94. The monoisotopic (exact) mass is 230 g/mol. The normalized spacial score (nSPS) is 17.2. The van der Waals surface area contributed by atoms with Crippen molar-refractivity contribution < 1.29 is 4.74 Å².